The minimum absolute atomic E-state index is 0.167. The molecule has 19 heteroatoms. The van der Waals surface area contributed by atoms with E-state index in [2.05, 4.69) is 21.3 Å². The van der Waals surface area contributed by atoms with Crippen molar-refractivity contribution < 1.29 is 53.4 Å². The molecule has 0 aliphatic heterocycles. The second-order valence-electron chi connectivity index (χ2n) is 9.25. The Morgan fingerprint density at radius 3 is 1.52 bits per heavy atom. The van der Waals surface area contributed by atoms with Gasteiger partial charge in [-0.2, -0.15) is 0 Å². The van der Waals surface area contributed by atoms with Crippen LogP contribution in [0.2, 0.25) is 0 Å². The van der Waals surface area contributed by atoms with E-state index in [-0.39, 0.29) is 6.42 Å². The molecule has 0 bridgehead atoms. The fourth-order valence-corrected chi connectivity index (χ4v) is 3.57. The second kappa shape index (κ2) is 18.1. The molecule has 0 fully saturated rings. The van der Waals surface area contributed by atoms with E-state index in [1.807, 2.05) is 5.32 Å². The highest BCUT2D eigenvalue weighted by Gasteiger charge is 2.33. The molecule has 0 aliphatic rings. The molecule has 0 radical (unpaired) electrons. The molecule has 0 saturated carbocycles. The van der Waals surface area contributed by atoms with Crippen LogP contribution < -0.4 is 43.8 Å². The molecule has 13 N–H and O–H groups in total. The zero-order chi connectivity index (χ0) is 33.4. The Bertz CT molecular complexity index is 1260. The van der Waals surface area contributed by atoms with Crippen LogP contribution in [0.25, 0.3) is 0 Å². The highest BCUT2D eigenvalue weighted by atomic mass is 16.4. The van der Waals surface area contributed by atoms with Crippen molar-refractivity contribution in [3.05, 3.63) is 35.9 Å². The summed E-state index contributed by atoms with van der Waals surface area (Å²) < 4.78 is 0. The normalized spacial score (nSPS) is 13.1. The molecule has 0 heterocycles. The highest BCUT2D eigenvalue weighted by Crippen LogP contribution is 2.06. The lowest BCUT2D eigenvalue weighted by Crippen LogP contribution is -2.59. The van der Waals surface area contributed by atoms with Crippen molar-refractivity contribution in [1.82, 2.24) is 26.6 Å². The van der Waals surface area contributed by atoms with Gasteiger partial charge in [-0.25, -0.2) is 4.79 Å². The molecular formula is C25H34N8O11. The lowest BCUT2D eigenvalue weighted by molar-refractivity contribution is -0.143. The first kappa shape index (κ1) is 36.4. The summed E-state index contributed by atoms with van der Waals surface area (Å²) in [6.07, 6.45) is -2.87. The first-order valence-corrected chi connectivity index (χ1v) is 12.8. The number of nitrogens with one attached hydrogen (secondary N) is 5. The number of nitrogens with two attached hydrogens (primary N) is 3. The number of benzene rings is 1. The van der Waals surface area contributed by atoms with Gasteiger partial charge in [0, 0.05) is 6.42 Å². The van der Waals surface area contributed by atoms with Gasteiger partial charge in [-0.15, -0.1) is 0 Å². The standard InChI is InChI=1S/C25H34N8O11/c26-10-19(36)29-11-20(37)30-13(7-17(27)34)22(40)32-15(9-21(38)39)24(42)31-14(8-18(28)35)23(41)33-16(25(43)44)6-12-4-2-1-3-5-12/h1-5,13-16H,6-11,26H2,(H2,27,34)(H2,28,35)(H,29,36)(H,30,37)(H,31,42)(H,32,40)(H,33,41)(H,38,39)(H,43,44)/t13-,14-,15-,16-/m0/s1. The van der Waals surface area contributed by atoms with Crippen LogP contribution in [0.1, 0.15) is 24.8 Å². The molecule has 0 aromatic heterocycles. The molecule has 0 spiro atoms. The summed E-state index contributed by atoms with van der Waals surface area (Å²) >= 11 is 0. The maximum absolute atomic E-state index is 13.0. The third-order valence-corrected chi connectivity index (χ3v) is 5.64. The predicted octanol–water partition coefficient (Wildman–Crippen LogP) is -5.45. The molecule has 7 amide bonds. The van der Waals surface area contributed by atoms with Gasteiger partial charge in [-0.3, -0.25) is 38.4 Å². The predicted molar refractivity (Wildman–Crippen MR) is 147 cm³/mol. The summed E-state index contributed by atoms with van der Waals surface area (Å²) in [5, 5.41) is 29.3. The van der Waals surface area contributed by atoms with Gasteiger partial charge in [0.2, 0.25) is 41.4 Å². The van der Waals surface area contributed by atoms with Gasteiger partial charge in [-0.1, -0.05) is 30.3 Å². The maximum Gasteiger partial charge on any atom is 0.326 e. The number of primary amides is 2. The van der Waals surface area contributed by atoms with Gasteiger partial charge < -0.3 is 54.0 Å². The first-order valence-electron chi connectivity index (χ1n) is 12.8. The van der Waals surface area contributed by atoms with Crippen molar-refractivity contribution in [1.29, 1.82) is 0 Å². The van der Waals surface area contributed by atoms with Crippen molar-refractivity contribution in [2.75, 3.05) is 13.1 Å². The molecule has 240 valence electrons. The van der Waals surface area contributed by atoms with Crippen molar-refractivity contribution in [2.24, 2.45) is 17.2 Å². The van der Waals surface area contributed by atoms with Crippen LogP contribution in [0.3, 0.4) is 0 Å². The van der Waals surface area contributed by atoms with Crippen LogP contribution in [0.4, 0.5) is 0 Å². The molecule has 1 aromatic rings. The molecule has 0 unspecified atom stereocenters. The van der Waals surface area contributed by atoms with E-state index < -0.39 is 110 Å². The van der Waals surface area contributed by atoms with E-state index in [0.717, 1.165) is 0 Å². The number of carboxylic acids is 2. The van der Waals surface area contributed by atoms with Crippen LogP contribution in [-0.2, 0) is 49.6 Å². The number of rotatable bonds is 19. The zero-order valence-electron chi connectivity index (χ0n) is 23.2. The molecule has 19 nitrogen and oxygen atoms in total. The van der Waals surface area contributed by atoms with Crippen LogP contribution in [0.15, 0.2) is 30.3 Å². The summed E-state index contributed by atoms with van der Waals surface area (Å²) in [4.78, 5) is 109. The quantitative estimate of drug-likeness (QED) is 0.0691. The number of carboxylic acid groups (broad SMARTS) is 2. The largest absolute Gasteiger partial charge is 0.481 e. The van der Waals surface area contributed by atoms with E-state index in [0.29, 0.717) is 5.56 Å². The number of hydrogen-bond donors (Lipinski definition) is 10. The highest BCUT2D eigenvalue weighted by molar-refractivity contribution is 5.99. The van der Waals surface area contributed by atoms with Crippen molar-refractivity contribution in [3.8, 4) is 0 Å². The molecule has 1 aromatic carbocycles. The van der Waals surface area contributed by atoms with E-state index in [4.69, 9.17) is 17.2 Å². The first-order chi connectivity index (χ1) is 20.6. The molecule has 44 heavy (non-hydrogen) atoms. The topological polar surface area (TPSA) is 332 Å². The Balaban J connectivity index is 3.11. The van der Waals surface area contributed by atoms with Crippen LogP contribution in [0, 0.1) is 0 Å². The number of amides is 7. The average Bonchev–Trinajstić information content (AvgIpc) is 2.94. The third-order valence-electron chi connectivity index (χ3n) is 5.64. The molecule has 0 saturated heterocycles. The monoisotopic (exact) mass is 622 g/mol. The Kier molecular flexibility index (Phi) is 15.0. The number of hydrogen-bond acceptors (Lipinski definition) is 10. The Morgan fingerprint density at radius 2 is 1.09 bits per heavy atom. The molecule has 1 rings (SSSR count). The summed E-state index contributed by atoms with van der Waals surface area (Å²) in [5.74, 6) is -10.6. The van der Waals surface area contributed by atoms with E-state index in [1.165, 1.54) is 0 Å². The zero-order valence-corrected chi connectivity index (χ0v) is 23.2. The summed E-state index contributed by atoms with van der Waals surface area (Å²) in [5.41, 5.74) is 15.9. The minimum atomic E-state index is -1.94. The van der Waals surface area contributed by atoms with Crippen molar-refractivity contribution in [2.45, 2.75) is 49.9 Å². The third kappa shape index (κ3) is 13.9. The SMILES string of the molecule is NCC(=O)NCC(=O)N[C@@H](CC(N)=O)C(=O)N[C@@H](CC(=O)O)C(=O)N[C@@H](CC(N)=O)C(=O)N[C@@H](Cc1ccccc1)C(=O)O. The maximum atomic E-state index is 13.0. The van der Waals surface area contributed by atoms with E-state index in [1.54, 1.807) is 30.3 Å². The lowest BCUT2D eigenvalue weighted by Gasteiger charge is -2.25. The number of carbonyl (C=O) groups excluding carboxylic acids is 7. The van der Waals surface area contributed by atoms with Gasteiger partial charge >= 0.3 is 11.9 Å². The van der Waals surface area contributed by atoms with Gasteiger partial charge in [0.15, 0.2) is 0 Å². The van der Waals surface area contributed by atoms with Crippen LogP contribution in [-0.4, -0.2) is 101 Å². The lowest BCUT2D eigenvalue weighted by atomic mass is 10.0. The fourth-order valence-electron chi connectivity index (χ4n) is 3.57. The fraction of sp³-hybridized carbons (Fsp3) is 0.400. The van der Waals surface area contributed by atoms with Gasteiger partial charge in [-0.05, 0) is 5.56 Å². The smallest absolute Gasteiger partial charge is 0.326 e. The molecular weight excluding hydrogens is 588 g/mol. The average molecular weight is 623 g/mol. The van der Waals surface area contributed by atoms with E-state index in [9.17, 15) is 53.4 Å². The van der Waals surface area contributed by atoms with Gasteiger partial charge in [0.1, 0.15) is 24.2 Å². The van der Waals surface area contributed by atoms with Crippen LogP contribution in [0.5, 0.6) is 0 Å². The Labute approximate surface area is 249 Å². The van der Waals surface area contributed by atoms with E-state index >= 15 is 0 Å². The summed E-state index contributed by atoms with van der Waals surface area (Å²) in [7, 11) is 0. The second-order valence-corrected chi connectivity index (χ2v) is 9.25. The minimum Gasteiger partial charge on any atom is -0.481 e. The molecule has 0 aliphatic carbocycles. The van der Waals surface area contributed by atoms with Crippen LogP contribution >= 0.6 is 0 Å². The number of carbonyl (C=O) groups is 9. The Hall–Kier alpha value is -5.59. The Morgan fingerprint density at radius 1 is 0.636 bits per heavy atom. The summed E-state index contributed by atoms with van der Waals surface area (Å²) in [6, 6.07) is 1.23. The molecule has 4 atom stereocenters. The van der Waals surface area contributed by atoms with Gasteiger partial charge in [0.05, 0.1) is 32.4 Å². The number of aliphatic carboxylic acids is 2. The van der Waals surface area contributed by atoms with Crippen molar-refractivity contribution >= 4 is 53.3 Å². The van der Waals surface area contributed by atoms with Gasteiger partial charge in [0.25, 0.3) is 0 Å². The summed E-state index contributed by atoms with van der Waals surface area (Å²) in [6.45, 7) is -1.09. The van der Waals surface area contributed by atoms with Crippen molar-refractivity contribution in [3.63, 3.8) is 0 Å².